The van der Waals surface area contributed by atoms with Crippen molar-refractivity contribution >= 4 is 16.9 Å². The summed E-state index contributed by atoms with van der Waals surface area (Å²) in [6.45, 7) is 4.43. The predicted octanol–water partition coefficient (Wildman–Crippen LogP) is 4.71. The zero-order valence-corrected chi connectivity index (χ0v) is 13.5. The van der Waals surface area contributed by atoms with Crippen LogP contribution in [0.3, 0.4) is 0 Å². The Hall–Kier alpha value is -2.55. The number of H-pyrrole nitrogens is 1. The molecule has 0 bridgehead atoms. The second kappa shape index (κ2) is 6.69. The molecule has 1 N–H and O–H groups in total. The minimum absolute atomic E-state index is 0.122. The highest BCUT2D eigenvalue weighted by Gasteiger charge is 2.16. The molecule has 1 heterocycles. The van der Waals surface area contributed by atoms with Gasteiger partial charge in [-0.15, -0.1) is 0 Å². The monoisotopic (exact) mass is 307 g/mol. The summed E-state index contributed by atoms with van der Waals surface area (Å²) < 4.78 is 5.40. The van der Waals surface area contributed by atoms with Crippen molar-refractivity contribution in [3.05, 3.63) is 71.4 Å². The maximum Gasteiger partial charge on any atom is 0.306 e. The summed E-state index contributed by atoms with van der Waals surface area (Å²) in [5.74, 6) is -0.0416. The molecule has 3 aromatic rings. The minimum atomic E-state index is -0.164. The second-order valence-corrected chi connectivity index (χ2v) is 6.04. The van der Waals surface area contributed by atoms with Crippen molar-refractivity contribution in [1.29, 1.82) is 0 Å². The third-order valence-electron chi connectivity index (χ3n) is 4.15. The van der Waals surface area contributed by atoms with Crippen LogP contribution in [0.2, 0.25) is 0 Å². The zero-order valence-electron chi connectivity index (χ0n) is 13.5. The van der Waals surface area contributed by atoms with E-state index in [0.29, 0.717) is 13.0 Å². The molecule has 0 fully saturated rings. The molecule has 1 atom stereocenters. The number of para-hydroxylation sites is 1. The molecule has 0 aliphatic carbocycles. The molecule has 0 saturated heterocycles. The van der Waals surface area contributed by atoms with E-state index >= 15 is 0 Å². The lowest BCUT2D eigenvalue weighted by molar-refractivity contribution is -0.145. The third-order valence-corrected chi connectivity index (χ3v) is 4.15. The smallest absolute Gasteiger partial charge is 0.306 e. The van der Waals surface area contributed by atoms with E-state index in [4.69, 9.17) is 4.74 Å². The van der Waals surface area contributed by atoms with E-state index in [1.165, 1.54) is 10.9 Å². The maximum atomic E-state index is 12.1. The van der Waals surface area contributed by atoms with E-state index in [1.807, 2.05) is 55.6 Å². The Bertz CT molecular complexity index is 802. The van der Waals surface area contributed by atoms with E-state index < -0.39 is 0 Å². The molecular weight excluding hydrogens is 286 g/mol. The Labute approximate surface area is 136 Å². The number of fused-ring (bicyclic) bond motifs is 1. The number of nitrogens with one attached hydrogen (secondary N) is 1. The first-order valence-corrected chi connectivity index (χ1v) is 7.90. The van der Waals surface area contributed by atoms with Crippen LogP contribution in [-0.4, -0.2) is 11.0 Å². The quantitative estimate of drug-likeness (QED) is 0.693. The second-order valence-electron chi connectivity index (χ2n) is 6.04. The lowest BCUT2D eigenvalue weighted by Crippen LogP contribution is -2.08. The van der Waals surface area contributed by atoms with Gasteiger partial charge in [-0.2, -0.15) is 0 Å². The number of carbonyl (C=O) groups is 1. The van der Waals surface area contributed by atoms with Crippen molar-refractivity contribution in [3.63, 3.8) is 0 Å². The number of benzene rings is 2. The van der Waals surface area contributed by atoms with E-state index in [2.05, 4.69) is 18.0 Å². The van der Waals surface area contributed by atoms with Gasteiger partial charge >= 0.3 is 5.97 Å². The number of hydrogen-bond acceptors (Lipinski definition) is 2. The van der Waals surface area contributed by atoms with E-state index in [0.717, 1.165) is 16.6 Å². The lowest BCUT2D eigenvalue weighted by atomic mass is 9.97. The minimum Gasteiger partial charge on any atom is -0.461 e. The molecule has 1 aromatic heterocycles. The van der Waals surface area contributed by atoms with Crippen molar-refractivity contribution in [2.45, 2.75) is 32.8 Å². The molecule has 23 heavy (non-hydrogen) atoms. The summed E-state index contributed by atoms with van der Waals surface area (Å²) in [4.78, 5) is 15.3. The Morgan fingerprint density at radius 3 is 2.65 bits per heavy atom. The van der Waals surface area contributed by atoms with Gasteiger partial charge in [-0.3, -0.25) is 4.79 Å². The van der Waals surface area contributed by atoms with Crippen LogP contribution in [0, 0.1) is 6.92 Å². The maximum absolute atomic E-state index is 12.1. The third kappa shape index (κ3) is 3.62. The summed E-state index contributed by atoms with van der Waals surface area (Å²) in [5, 5.41) is 1.17. The first-order chi connectivity index (χ1) is 11.1. The van der Waals surface area contributed by atoms with E-state index in [-0.39, 0.29) is 11.9 Å². The fourth-order valence-electron chi connectivity index (χ4n) is 2.77. The first-order valence-electron chi connectivity index (χ1n) is 7.90. The number of ether oxygens (including phenoxy) is 1. The average molecular weight is 307 g/mol. The topological polar surface area (TPSA) is 42.1 Å². The summed E-state index contributed by atoms with van der Waals surface area (Å²) >= 11 is 0. The van der Waals surface area contributed by atoms with Crippen LogP contribution < -0.4 is 0 Å². The lowest BCUT2D eigenvalue weighted by Gasteiger charge is -2.11. The molecule has 3 rings (SSSR count). The Kier molecular flexibility index (Phi) is 4.47. The molecule has 0 saturated carbocycles. The number of esters is 1. The average Bonchev–Trinajstić information content (AvgIpc) is 2.98. The van der Waals surface area contributed by atoms with Gasteiger partial charge in [0.15, 0.2) is 0 Å². The highest BCUT2D eigenvalue weighted by Crippen LogP contribution is 2.27. The Morgan fingerprint density at radius 1 is 1.13 bits per heavy atom. The summed E-state index contributed by atoms with van der Waals surface area (Å²) in [6.07, 6.45) is 2.37. The number of rotatable bonds is 5. The van der Waals surface area contributed by atoms with Crippen LogP contribution >= 0.6 is 0 Å². The van der Waals surface area contributed by atoms with Gasteiger partial charge in [-0.1, -0.05) is 55.0 Å². The van der Waals surface area contributed by atoms with Gasteiger partial charge in [0, 0.05) is 17.1 Å². The molecule has 0 aliphatic rings. The van der Waals surface area contributed by atoms with Crippen molar-refractivity contribution in [3.8, 4) is 0 Å². The van der Waals surface area contributed by atoms with Crippen LogP contribution in [0.4, 0.5) is 0 Å². The number of carbonyl (C=O) groups excluding carboxylic acids is 1. The van der Waals surface area contributed by atoms with Gasteiger partial charge in [0.1, 0.15) is 6.61 Å². The van der Waals surface area contributed by atoms with Crippen LogP contribution in [0.15, 0.2) is 54.7 Å². The normalized spacial score (nSPS) is 12.3. The molecule has 2 aromatic carbocycles. The highest BCUT2D eigenvalue weighted by atomic mass is 16.5. The molecule has 118 valence electrons. The van der Waals surface area contributed by atoms with Crippen LogP contribution in [0.5, 0.6) is 0 Å². The van der Waals surface area contributed by atoms with Gasteiger partial charge in [-0.25, -0.2) is 0 Å². The van der Waals surface area contributed by atoms with Gasteiger partial charge < -0.3 is 9.72 Å². The molecule has 0 radical (unpaired) electrons. The molecule has 3 nitrogen and oxygen atoms in total. The number of hydrogen-bond donors (Lipinski definition) is 1. The largest absolute Gasteiger partial charge is 0.461 e. The van der Waals surface area contributed by atoms with Crippen molar-refractivity contribution < 1.29 is 9.53 Å². The standard InChI is InChI=1S/C20H21NO2/c1-14-7-9-16(10-8-14)13-23-20(22)11-15(2)18-12-21-19-6-4-3-5-17(18)19/h3-10,12,15,21H,11,13H2,1-2H3/t15-/m0/s1. The fraction of sp³-hybridized carbons (Fsp3) is 0.250. The molecule has 0 amide bonds. The zero-order chi connectivity index (χ0) is 16.2. The molecule has 0 unspecified atom stereocenters. The van der Waals surface area contributed by atoms with Crippen molar-refractivity contribution in [1.82, 2.24) is 4.98 Å². The molecular formula is C20H21NO2. The molecule has 0 aliphatic heterocycles. The van der Waals surface area contributed by atoms with E-state index in [1.54, 1.807) is 0 Å². The fourth-order valence-corrected chi connectivity index (χ4v) is 2.77. The highest BCUT2D eigenvalue weighted by molar-refractivity contribution is 5.84. The van der Waals surface area contributed by atoms with E-state index in [9.17, 15) is 4.79 Å². The summed E-state index contributed by atoms with van der Waals surface area (Å²) in [6, 6.07) is 16.2. The van der Waals surface area contributed by atoms with Gasteiger partial charge in [0.05, 0.1) is 6.42 Å². The number of aromatic amines is 1. The predicted molar refractivity (Wildman–Crippen MR) is 92.3 cm³/mol. The van der Waals surface area contributed by atoms with Crippen molar-refractivity contribution in [2.24, 2.45) is 0 Å². The van der Waals surface area contributed by atoms with Gasteiger partial charge in [0.2, 0.25) is 0 Å². The van der Waals surface area contributed by atoms with Crippen LogP contribution in [0.1, 0.15) is 36.0 Å². The van der Waals surface area contributed by atoms with Crippen LogP contribution in [-0.2, 0) is 16.1 Å². The molecule has 3 heteroatoms. The first kappa shape index (κ1) is 15.3. The van der Waals surface area contributed by atoms with Crippen LogP contribution in [0.25, 0.3) is 10.9 Å². The van der Waals surface area contributed by atoms with Crippen molar-refractivity contribution in [2.75, 3.05) is 0 Å². The molecule has 0 spiro atoms. The number of aromatic nitrogens is 1. The van der Waals surface area contributed by atoms with Gasteiger partial charge in [0.25, 0.3) is 0 Å². The summed E-state index contributed by atoms with van der Waals surface area (Å²) in [7, 11) is 0. The summed E-state index contributed by atoms with van der Waals surface area (Å²) in [5.41, 5.74) is 4.48. The SMILES string of the molecule is Cc1ccc(COC(=O)C[C@H](C)c2c[nH]c3ccccc23)cc1. The van der Waals surface area contributed by atoms with Gasteiger partial charge in [-0.05, 0) is 30.0 Å². The Morgan fingerprint density at radius 2 is 1.87 bits per heavy atom. The number of aryl methyl sites for hydroxylation is 1. The Balaban J connectivity index is 1.60.